The molecule has 0 bridgehead atoms. The molecule has 2 aromatic rings. The van der Waals surface area contributed by atoms with E-state index in [2.05, 4.69) is 0 Å². The van der Waals surface area contributed by atoms with Crippen LogP contribution >= 0.6 is 0 Å². The van der Waals surface area contributed by atoms with Gasteiger partial charge < -0.3 is 16.6 Å². The Morgan fingerprint density at radius 3 is 2.00 bits per heavy atom. The largest absolute Gasteiger partial charge is 0.504 e. The maximum absolute atomic E-state index is 9.90. The standard InChI is InChI=1S/C14H10N4O/c15-6-9-11(8-4-2-1-3-5-8)10(7-16)14(19)13(18)12(9)17/h1-5,19H,17-18H2. The molecule has 0 amide bonds. The molecular formula is C14H10N4O. The molecule has 0 saturated heterocycles. The Morgan fingerprint density at radius 2 is 1.47 bits per heavy atom. The number of benzene rings is 2. The molecule has 0 radical (unpaired) electrons. The summed E-state index contributed by atoms with van der Waals surface area (Å²) in [6.45, 7) is 0. The number of anilines is 2. The van der Waals surface area contributed by atoms with Crippen molar-refractivity contribution in [3.05, 3.63) is 41.5 Å². The Hall–Kier alpha value is -3.18. The molecule has 0 heterocycles. The lowest BCUT2D eigenvalue weighted by molar-refractivity contribution is 0.476. The van der Waals surface area contributed by atoms with Gasteiger partial charge in [-0.15, -0.1) is 0 Å². The lowest BCUT2D eigenvalue weighted by Gasteiger charge is -2.13. The zero-order chi connectivity index (χ0) is 14.0. The molecule has 92 valence electrons. The van der Waals surface area contributed by atoms with Gasteiger partial charge in [0, 0.05) is 5.56 Å². The first-order chi connectivity index (χ1) is 9.11. The predicted octanol–water partition coefficient (Wildman–Crippen LogP) is 1.97. The van der Waals surface area contributed by atoms with Gasteiger partial charge in [0.2, 0.25) is 0 Å². The lowest BCUT2D eigenvalue weighted by Crippen LogP contribution is -2.03. The maximum atomic E-state index is 9.90. The van der Waals surface area contributed by atoms with Gasteiger partial charge in [0.25, 0.3) is 0 Å². The first kappa shape index (κ1) is 12.3. The summed E-state index contributed by atoms with van der Waals surface area (Å²) in [5.41, 5.74) is 12.2. The number of aromatic hydroxyl groups is 1. The summed E-state index contributed by atoms with van der Waals surface area (Å²) in [5, 5.41) is 28.3. The van der Waals surface area contributed by atoms with Gasteiger partial charge in [-0.2, -0.15) is 10.5 Å². The molecule has 5 heteroatoms. The lowest BCUT2D eigenvalue weighted by atomic mass is 9.92. The monoisotopic (exact) mass is 250 g/mol. The van der Waals surface area contributed by atoms with Crippen LogP contribution in [0.15, 0.2) is 30.3 Å². The first-order valence-corrected chi connectivity index (χ1v) is 5.41. The zero-order valence-corrected chi connectivity index (χ0v) is 9.88. The summed E-state index contributed by atoms with van der Waals surface area (Å²) >= 11 is 0. The normalized spacial score (nSPS) is 9.58. The molecule has 2 rings (SSSR count). The van der Waals surface area contributed by atoms with Crippen LogP contribution in [-0.4, -0.2) is 5.11 Å². The van der Waals surface area contributed by atoms with E-state index in [4.69, 9.17) is 11.5 Å². The van der Waals surface area contributed by atoms with E-state index in [9.17, 15) is 15.6 Å². The fourth-order valence-electron chi connectivity index (χ4n) is 1.89. The third-order valence-corrected chi connectivity index (χ3v) is 2.84. The van der Waals surface area contributed by atoms with E-state index in [1.165, 1.54) is 0 Å². The summed E-state index contributed by atoms with van der Waals surface area (Å²) in [5.74, 6) is -0.391. The minimum atomic E-state index is -0.391. The number of hydrogen-bond donors (Lipinski definition) is 3. The van der Waals surface area contributed by atoms with Crippen molar-refractivity contribution in [1.29, 1.82) is 10.5 Å². The third-order valence-electron chi connectivity index (χ3n) is 2.84. The molecule has 0 aliphatic heterocycles. The van der Waals surface area contributed by atoms with Crippen molar-refractivity contribution in [2.24, 2.45) is 0 Å². The van der Waals surface area contributed by atoms with Gasteiger partial charge >= 0.3 is 0 Å². The molecule has 0 atom stereocenters. The third kappa shape index (κ3) is 1.80. The van der Waals surface area contributed by atoms with Crippen LogP contribution < -0.4 is 11.5 Å². The average Bonchev–Trinajstić information content (AvgIpc) is 2.45. The molecule has 0 aliphatic rings. The Bertz CT molecular complexity index is 683. The van der Waals surface area contributed by atoms with Gasteiger partial charge in [-0.1, -0.05) is 30.3 Å². The molecule has 0 fully saturated rings. The van der Waals surface area contributed by atoms with Crippen molar-refractivity contribution in [3.63, 3.8) is 0 Å². The highest BCUT2D eigenvalue weighted by molar-refractivity contribution is 5.92. The van der Waals surface area contributed by atoms with E-state index in [1.807, 2.05) is 18.2 Å². The topological polar surface area (TPSA) is 120 Å². The second-order valence-corrected chi connectivity index (χ2v) is 3.89. The van der Waals surface area contributed by atoms with Crippen LogP contribution in [0.2, 0.25) is 0 Å². The zero-order valence-electron chi connectivity index (χ0n) is 9.88. The van der Waals surface area contributed by atoms with Crippen molar-refractivity contribution >= 4 is 11.4 Å². The van der Waals surface area contributed by atoms with Crippen molar-refractivity contribution < 1.29 is 5.11 Å². The van der Waals surface area contributed by atoms with Crippen LogP contribution in [0.25, 0.3) is 11.1 Å². The highest BCUT2D eigenvalue weighted by Gasteiger charge is 2.21. The summed E-state index contributed by atoms with van der Waals surface area (Å²) in [6.07, 6.45) is 0. The van der Waals surface area contributed by atoms with E-state index >= 15 is 0 Å². The highest BCUT2D eigenvalue weighted by atomic mass is 16.3. The molecule has 0 unspecified atom stereocenters. The Morgan fingerprint density at radius 1 is 0.895 bits per heavy atom. The maximum Gasteiger partial charge on any atom is 0.159 e. The molecule has 5 N–H and O–H groups in total. The Balaban J connectivity index is 2.95. The van der Waals surface area contributed by atoms with E-state index in [-0.39, 0.29) is 22.5 Å². The highest BCUT2D eigenvalue weighted by Crippen LogP contribution is 2.41. The van der Waals surface area contributed by atoms with Gasteiger partial charge in [-0.05, 0) is 5.56 Å². The SMILES string of the molecule is N#Cc1c(N)c(N)c(O)c(C#N)c1-c1ccccc1. The van der Waals surface area contributed by atoms with E-state index in [0.717, 1.165) is 0 Å². The molecule has 2 aromatic carbocycles. The number of rotatable bonds is 1. The summed E-state index contributed by atoms with van der Waals surface area (Å²) < 4.78 is 0. The van der Waals surface area contributed by atoms with Crippen LogP contribution in [0, 0.1) is 22.7 Å². The average molecular weight is 250 g/mol. The van der Waals surface area contributed by atoms with Crippen LogP contribution in [0.1, 0.15) is 11.1 Å². The van der Waals surface area contributed by atoms with Crippen molar-refractivity contribution in [3.8, 4) is 29.0 Å². The number of nitrogens with two attached hydrogens (primary N) is 2. The van der Waals surface area contributed by atoms with Crippen molar-refractivity contribution in [2.75, 3.05) is 11.5 Å². The van der Waals surface area contributed by atoms with Gasteiger partial charge in [0.15, 0.2) is 5.75 Å². The number of phenols is 1. The molecule has 0 saturated carbocycles. The second kappa shape index (κ2) is 4.59. The minimum absolute atomic E-state index is 0.0159. The Labute approximate surface area is 109 Å². The molecule has 5 nitrogen and oxygen atoms in total. The van der Waals surface area contributed by atoms with Crippen molar-refractivity contribution in [2.45, 2.75) is 0 Å². The molecule has 0 spiro atoms. The van der Waals surface area contributed by atoms with Crippen LogP contribution in [0.3, 0.4) is 0 Å². The first-order valence-electron chi connectivity index (χ1n) is 5.41. The Kier molecular flexibility index (Phi) is 2.97. The summed E-state index contributed by atoms with van der Waals surface area (Å²) in [7, 11) is 0. The van der Waals surface area contributed by atoms with Gasteiger partial charge in [0.1, 0.15) is 23.4 Å². The summed E-state index contributed by atoms with van der Waals surface area (Å²) in [4.78, 5) is 0. The minimum Gasteiger partial charge on any atom is -0.504 e. The van der Waals surface area contributed by atoms with Gasteiger partial charge in [-0.3, -0.25) is 0 Å². The van der Waals surface area contributed by atoms with E-state index in [0.29, 0.717) is 11.1 Å². The second-order valence-electron chi connectivity index (χ2n) is 3.89. The van der Waals surface area contributed by atoms with Crippen LogP contribution in [0.4, 0.5) is 11.4 Å². The van der Waals surface area contributed by atoms with Crippen LogP contribution in [0.5, 0.6) is 5.75 Å². The fraction of sp³-hybridized carbons (Fsp3) is 0. The van der Waals surface area contributed by atoms with E-state index < -0.39 is 5.75 Å². The molecular weight excluding hydrogens is 240 g/mol. The number of nitrogen functional groups attached to an aromatic ring is 2. The van der Waals surface area contributed by atoms with Gasteiger partial charge in [0.05, 0.1) is 11.3 Å². The van der Waals surface area contributed by atoms with Gasteiger partial charge in [-0.25, -0.2) is 0 Å². The van der Waals surface area contributed by atoms with Crippen molar-refractivity contribution in [1.82, 2.24) is 0 Å². The van der Waals surface area contributed by atoms with Crippen LogP contribution in [-0.2, 0) is 0 Å². The number of nitrogens with zero attached hydrogens (tertiary/aromatic N) is 2. The number of hydrogen-bond acceptors (Lipinski definition) is 5. The summed E-state index contributed by atoms with van der Waals surface area (Å²) in [6, 6.07) is 12.6. The molecule has 19 heavy (non-hydrogen) atoms. The van der Waals surface area contributed by atoms with E-state index in [1.54, 1.807) is 24.3 Å². The number of nitriles is 2. The predicted molar refractivity (Wildman–Crippen MR) is 71.8 cm³/mol. The number of phenolic OH excluding ortho intramolecular Hbond substituents is 1. The smallest absolute Gasteiger partial charge is 0.159 e. The molecule has 0 aromatic heterocycles. The quantitative estimate of drug-likeness (QED) is 0.527. The molecule has 0 aliphatic carbocycles. The fourth-order valence-corrected chi connectivity index (χ4v) is 1.89.